The zero-order valence-corrected chi connectivity index (χ0v) is 15.4. The highest BCUT2D eigenvalue weighted by molar-refractivity contribution is 5.97. The lowest BCUT2D eigenvalue weighted by molar-refractivity contribution is -0.119. The van der Waals surface area contributed by atoms with Crippen molar-refractivity contribution in [2.24, 2.45) is 0 Å². The summed E-state index contributed by atoms with van der Waals surface area (Å²) in [6.07, 6.45) is 3.45. The SMILES string of the molecule is CC(=O)NCc1cn(-c2ccccc2C(=O)NCc2ccccc2C)cn1. The third-order valence-corrected chi connectivity index (χ3v) is 4.28. The zero-order chi connectivity index (χ0) is 19.2. The molecule has 0 atom stereocenters. The van der Waals surface area contributed by atoms with E-state index in [1.807, 2.05) is 55.6 Å². The van der Waals surface area contributed by atoms with Crippen LogP contribution in [0.2, 0.25) is 0 Å². The van der Waals surface area contributed by atoms with Crippen LogP contribution in [0.1, 0.15) is 34.1 Å². The average Bonchev–Trinajstić information content (AvgIpc) is 3.14. The summed E-state index contributed by atoms with van der Waals surface area (Å²) in [4.78, 5) is 28.1. The third-order valence-electron chi connectivity index (χ3n) is 4.28. The Kier molecular flexibility index (Phi) is 5.66. The molecule has 6 nitrogen and oxygen atoms in total. The molecule has 2 aromatic carbocycles. The molecule has 0 radical (unpaired) electrons. The molecule has 3 aromatic rings. The number of imidazole rings is 1. The molecule has 138 valence electrons. The Balaban J connectivity index is 1.76. The smallest absolute Gasteiger partial charge is 0.253 e. The molecule has 0 aliphatic rings. The molecule has 6 heteroatoms. The zero-order valence-electron chi connectivity index (χ0n) is 15.4. The lowest BCUT2D eigenvalue weighted by Gasteiger charge is -2.11. The van der Waals surface area contributed by atoms with Gasteiger partial charge in [-0.1, -0.05) is 36.4 Å². The predicted molar refractivity (Wildman–Crippen MR) is 103 cm³/mol. The van der Waals surface area contributed by atoms with Gasteiger partial charge in [-0.25, -0.2) is 4.98 Å². The summed E-state index contributed by atoms with van der Waals surface area (Å²) < 4.78 is 1.79. The second kappa shape index (κ2) is 8.31. The van der Waals surface area contributed by atoms with E-state index in [0.717, 1.165) is 22.5 Å². The van der Waals surface area contributed by atoms with Gasteiger partial charge in [-0.3, -0.25) is 9.59 Å². The Bertz CT molecular complexity index is 962. The molecule has 1 heterocycles. The Labute approximate surface area is 158 Å². The summed E-state index contributed by atoms with van der Waals surface area (Å²) in [7, 11) is 0. The van der Waals surface area contributed by atoms with Crippen molar-refractivity contribution < 1.29 is 9.59 Å². The van der Waals surface area contributed by atoms with Gasteiger partial charge >= 0.3 is 0 Å². The van der Waals surface area contributed by atoms with Crippen molar-refractivity contribution in [3.05, 3.63) is 83.4 Å². The van der Waals surface area contributed by atoms with Crippen LogP contribution in [0.25, 0.3) is 5.69 Å². The number of para-hydroxylation sites is 1. The van der Waals surface area contributed by atoms with Gasteiger partial charge in [0.2, 0.25) is 5.91 Å². The Hall–Kier alpha value is -3.41. The van der Waals surface area contributed by atoms with Crippen LogP contribution in [0.3, 0.4) is 0 Å². The number of nitrogens with zero attached hydrogens (tertiary/aromatic N) is 2. The number of carbonyl (C=O) groups excluding carboxylic acids is 2. The number of aromatic nitrogens is 2. The molecule has 0 spiro atoms. The first-order valence-corrected chi connectivity index (χ1v) is 8.74. The van der Waals surface area contributed by atoms with E-state index in [1.54, 1.807) is 17.0 Å². The quantitative estimate of drug-likeness (QED) is 0.708. The van der Waals surface area contributed by atoms with Gasteiger partial charge in [-0.15, -0.1) is 0 Å². The van der Waals surface area contributed by atoms with Gasteiger partial charge in [0, 0.05) is 19.7 Å². The summed E-state index contributed by atoms with van der Waals surface area (Å²) in [6, 6.07) is 15.3. The molecule has 0 aliphatic heterocycles. The molecule has 2 amide bonds. The maximum Gasteiger partial charge on any atom is 0.253 e. The van der Waals surface area contributed by atoms with Gasteiger partial charge in [0.1, 0.15) is 0 Å². The predicted octanol–water partition coefficient (Wildman–Crippen LogP) is 2.75. The van der Waals surface area contributed by atoms with E-state index in [0.29, 0.717) is 18.7 Å². The van der Waals surface area contributed by atoms with Crippen molar-refractivity contribution in [2.75, 3.05) is 0 Å². The topological polar surface area (TPSA) is 76.0 Å². The highest BCUT2D eigenvalue weighted by Gasteiger charge is 2.13. The van der Waals surface area contributed by atoms with E-state index in [-0.39, 0.29) is 11.8 Å². The van der Waals surface area contributed by atoms with E-state index in [9.17, 15) is 9.59 Å². The van der Waals surface area contributed by atoms with Crippen molar-refractivity contribution in [1.82, 2.24) is 20.2 Å². The largest absolute Gasteiger partial charge is 0.351 e. The standard InChI is InChI=1S/C21H22N4O2/c1-15-7-3-4-8-17(15)11-23-21(27)19-9-5-6-10-20(19)25-13-18(24-14-25)12-22-16(2)26/h3-10,13-14H,11-12H2,1-2H3,(H,22,26)(H,23,27). The lowest BCUT2D eigenvalue weighted by Crippen LogP contribution is -2.24. The van der Waals surface area contributed by atoms with Gasteiger partial charge in [-0.2, -0.15) is 0 Å². The highest BCUT2D eigenvalue weighted by Crippen LogP contribution is 2.16. The lowest BCUT2D eigenvalue weighted by atomic mass is 10.1. The summed E-state index contributed by atoms with van der Waals surface area (Å²) >= 11 is 0. The molecule has 2 N–H and O–H groups in total. The fraction of sp³-hybridized carbons (Fsp3) is 0.190. The Morgan fingerprint density at radius 2 is 1.74 bits per heavy atom. The highest BCUT2D eigenvalue weighted by atomic mass is 16.2. The van der Waals surface area contributed by atoms with Crippen molar-refractivity contribution >= 4 is 11.8 Å². The number of hydrogen-bond donors (Lipinski definition) is 2. The number of benzene rings is 2. The van der Waals surface area contributed by atoms with Gasteiger partial charge in [-0.05, 0) is 30.2 Å². The molecule has 0 fully saturated rings. The van der Waals surface area contributed by atoms with Crippen molar-refractivity contribution in [1.29, 1.82) is 0 Å². The number of nitrogens with one attached hydrogen (secondary N) is 2. The fourth-order valence-corrected chi connectivity index (χ4v) is 2.77. The molecule has 1 aromatic heterocycles. The second-order valence-electron chi connectivity index (χ2n) is 6.31. The summed E-state index contributed by atoms with van der Waals surface area (Å²) in [5, 5.41) is 5.70. The first kappa shape index (κ1) is 18.4. The van der Waals surface area contributed by atoms with Crippen LogP contribution in [-0.2, 0) is 17.9 Å². The van der Waals surface area contributed by atoms with Crippen LogP contribution in [-0.4, -0.2) is 21.4 Å². The van der Waals surface area contributed by atoms with E-state index < -0.39 is 0 Å². The van der Waals surface area contributed by atoms with Crippen molar-refractivity contribution in [3.63, 3.8) is 0 Å². The Morgan fingerprint density at radius 1 is 1.00 bits per heavy atom. The van der Waals surface area contributed by atoms with E-state index in [1.165, 1.54) is 6.92 Å². The van der Waals surface area contributed by atoms with Crippen molar-refractivity contribution in [2.45, 2.75) is 26.9 Å². The minimum absolute atomic E-state index is 0.111. The average molecular weight is 362 g/mol. The van der Waals surface area contributed by atoms with Crippen LogP contribution in [0.15, 0.2) is 61.1 Å². The van der Waals surface area contributed by atoms with Crippen LogP contribution in [0.5, 0.6) is 0 Å². The van der Waals surface area contributed by atoms with Crippen molar-refractivity contribution in [3.8, 4) is 5.69 Å². The van der Waals surface area contributed by atoms with Gasteiger partial charge < -0.3 is 15.2 Å². The third kappa shape index (κ3) is 4.61. The minimum atomic E-state index is -0.147. The maximum absolute atomic E-state index is 12.7. The summed E-state index contributed by atoms with van der Waals surface area (Å²) in [5.74, 6) is -0.258. The summed E-state index contributed by atoms with van der Waals surface area (Å²) in [6.45, 7) is 4.31. The molecular formula is C21H22N4O2. The monoisotopic (exact) mass is 362 g/mol. The first-order valence-electron chi connectivity index (χ1n) is 8.74. The number of carbonyl (C=O) groups is 2. The molecular weight excluding hydrogens is 340 g/mol. The fourth-order valence-electron chi connectivity index (χ4n) is 2.77. The minimum Gasteiger partial charge on any atom is -0.351 e. The maximum atomic E-state index is 12.7. The van der Waals surface area contributed by atoms with Crippen LogP contribution in [0, 0.1) is 6.92 Å². The second-order valence-corrected chi connectivity index (χ2v) is 6.31. The molecule has 0 unspecified atom stereocenters. The molecule has 0 aliphatic carbocycles. The number of hydrogen-bond acceptors (Lipinski definition) is 3. The summed E-state index contributed by atoms with van der Waals surface area (Å²) in [5.41, 5.74) is 4.25. The van der Waals surface area contributed by atoms with E-state index >= 15 is 0 Å². The number of aryl methyl sites for hydroxylation is 1. The molecule has 0 bridgehead atoms. The van der Waals surface area contributed by atoms with Crippen LogP contribution in [0.4, 0.5) is 0 Å². The molecule has 27 heavy (non-hydrogen) atoms. The molecule has 0 saturated carbocycles. The first-order chi connectivity index (χ1) is 13.0. The van der Waals surface area contributed by atoms with Crippen LogP contribution < -0.4 is 10.6 Å². The van der Waals surface area contributed by atoms with Gasteiger partial charge in [0.25, 0.3) is 5.91 Å². The van der Waals surface area contributed by atoms with Gasteiger partial charge in [0.05, 0.1) is 29.8 Å². The molecule has 0 saturated heterocycles. The number of amides is 2. The van der Waals surface area contributed by atoms with E-state index in [2.05, 4.69) is 15.6 Å². The Morgan fingerprint density at radius 3 is 2.52 bits per heavy atom. The number of rotatable bonds is 6. The van der Waals surface area contributed by atoms with Gasteiger partial charge in [0.15, 0.2) is 0 Å². The molecule has 3 rings (SSSR count). The normalized spacial score (nSPS) is 10.4. The van der Waals surface area contributed by atoms with E-state index in [4.69, 9.17) is 0 Å². The van der Waals surface area contributed by atoms with Crippen LogP contribution >= 0.6 is 0 Å².